The van der Waals surface area contributed by atoms with Crippen LogP contribution in [0, 0.1) is 5.92 Å². The van der Waals surface area contributed by atoms with Crippen molar-refractivity contribution in [3.63, 3.8) is 0 Å². The van der Waals surface area contributed by atoms with E-state index in [0.29, 0.717) is 18.9 Å². The molecule has 18 heavy (non-hydrogen) atoms. The van der Waals surface area contributed by atoms with Crippen molar-refractivity contribution < 1.29 is 9.59 Å². The molecule has 0 saturated heterocycles. The Morgan fingerprint density at radius 2 is 1.89 bits per heavy atom. The lowest BCUT2D eigenvalue weighted by Gasteiger charge is -2.22. The molecule has 1 unspecified atom stereocenters. The van der Waals surface area contributed by atoms with E-state index < -0.39 is 6.04 Å². The van der Waals surface area contributed by atoms with Crippen molar-refractivity contribution in [1.29, 1.82) is 0 Å². The van der Waals surface area contributed by atoms with Crippen molar-refractivity contribution in [3.8, 4) is 0 Å². The van der Waals surface area contributed by atoms with E-state index in [2.05, 4.69) is 10.6 Å². The Kier molecular flexibility index (Phi) is 6.76. The van der Waals surface area contributed by atoms with Gasteiger partial charge in [-0.05, 0) is 32.1 Å². The van der Waals surface area contributed by atoms with Crippen LogP contribution in [0.4, 0.5) is 0 Å². The smallest absolute Gasteiger partial charge is 0.242 e. The second-order valence-corrected chi connectivity index (χ2v) is 5.29. The summed E-state index contributed by atoms with van der Waals surface area (Å²) in [5.74, 6) is 0.444. The molecule has 0 aromatic rings. The van der Waals surface area contributed by atoms with Crippen LogP contribution in [-0.4, -0.2) is 24.4 Å². The van der Waals surface area contributed by atoms with Crippen molar-refractivity contribution in [1.82, 2.24) is 10.6 Å². The van der Waals surface area contributed by atoms with Crippen molar-refractivity contribution in [2.75, 3.05) is 6.54 Å². The van der Waals surface area contributed by atoms with Crippen LogP contribution in [0.5, 0.6) is 0 Å². The molecule has 1 aliphatic carbocycles. The number of hydrogen-bond acceptors (Lipinski definition) is 2. The maximum atomic E-state index is 11.8. The lowest BCUT2D eigenvalue weighted by molar-refractivity contribution is -0.129. The Bertz CT molecular complexity index is 273. The predicted octanol–water partition coefficient (Wildman–Crippen LogP) is 1.99. The number of carbonyl (C=O) groups excluding carboxylic acids is 2. The molecule has 0 aliphatic heterocycles. The van der Waals surface area contributed by atoms with Gasteiger partial charge in [0, 0.05) is 13.0 Å². The number of amides is 2. The van der Waals surface area contributed by atoms with Crippen LogP contribution in [0.2, 0.25) is 0 Å². The van der Waals surface area contributed by atoms with Crippen molar-refractivity contribution in [2.24, 2.45) is 5.92 Å². The largest absolute Gasteiger partial charge is 0.354 e. The zero-order valence-electron chi connectivity index (χ0n) is 11.6. The standard InChI is InChI=1S/C14H26N2O2/c1-3-9-15-14(18)11(2)16-13(17)10-12-7-5-4-6-8-12/h11-12H,3-10H2,1-2H3,(H,15,18)(H,16,17). The molecule has 2 amide bonds. The summed E-state index contributed by atoms with van der Waals surface area (Å²) in [5.41, 5.74) is 0. The summed E-state index contributed by atoms with van der Waals surface area (Å²) < 4.78 is 0. The molecule has 1 saturated carbocycles. The first-order chi connectivity index (χ1) is 8.63. The normalized spacial score (nSPS) is 18.1. The molecular weight excluding hydrogens is 228 g/mol. The minimum absolute atomic E-state index is 0.0149. The Morgan fingerprint density at radius 1 is 1.22 bits per heavy atom. The van der Waals surface area contributed by atoms with Crippen molar-refractivity contribution in [2.45, 2.75) is 64.8 Å². The molecule has 0 aromatic heterocycles. The average Bonchev–Trinajstić information content (AvgIpc) is 2.36. The highest BCUT2D eigenvalue weighted by Gasteiger charge is 2.20. The fourth-order valence-electron chi connectivity index (χ4n) is 2.42. The molecule has 1 rings (SSSR count). The van der Waals surface area contributed by atoms with E-state index in [1.54, 1.807) is 6.92 Å². The summed E-state index contributed by atoms with van der Waals surface area (Å²) in [6, 6.07) is -0.423. The van der Waals surface area contributed by atoms with Crippen LogP contribution in [-0.2, 0) is 9.59 Å². The summed E-state index contributed by atoms with van der Waals surface area (Å²) in [5, 5.41) is 5.57. The second-order valence-electron chi connectivity index (χ2n) is 5.29. The van der Waals surface area contributed by atoms with E-state index in [-0.39, 0.29) is 11.8 Å². The molecule has 4 heteroatoms. The highest BCUT2D eigenvalue weighted by Crippen LogP contribution is 2.26. The Hall–Kier alpha value is -1.06. The highest BCUT2D eigenvalue weighted by molar-refractivity contribution is 5.87. The van der Waals surface area contributed by atoms with E-state index in [0.717, 1.165) is 19.3 Å². The average molecular weight is 254 g/mol. The third kappa shape index (κ3) is 5.52. The summed E-state index contributed by atoms with van der Waals surface area (Å²) in [6.07, 6.45) is 7.58. The van der Waals surface area contributed by atoms with E-state index in [1.807, 2.05) is 6.92 Å². The number of hydrogen-bond donors (Lipinski definition) is 2. The highest BCUT2D eigenvalue weighted by atomic mass is 16.2. The van der Waals surface area contributed by atoms with Crippen molar-refractivity contribution in [3.05, 3.63) is 0 Å². The topological polar surface area (TPSA) is 58.2 Å². The molecular formula is C14H26N2O2. The fraction of sp³-hybridized carbons (Fsp3) is 0.857. The SMILES string of the molecule is CCCNC(=O)C(C)NC(=O)CC1CCCCC1. The maximum Gasteiger partial charge on any atom is 0.242 e. The van der Waals surface area contributed by atoms with Crippen LogP contribution in [0.25, 0.3) is 0 Å². The second kappa shape index (κ2) is 8.11. The molecule has 0 radical (unpaired) electrons. The first kappa shape index (κ1) is 15.0. The molecule has 1 fully saturated rings. The minimum atomic E-state index is -0.423. The number of rotatable bonds is 6. The van der Waals surface area contributed by atoms with Gasteiger partial charge in [0.25, 0.3) is 0 Å². The Balaban J connectivity index is 2.23. The first-order valence-corrected chi connectivity index (χ1v) is 7.20. The van der Waals surface area contributed by atoms with E-state index in [9.17, 15) is 9.59 Å². The molecule has 4 nitrogen and oxygen atoms in total. The van der Waals surface area contributed by atoms with Gasteiger partial charge in [-0.1, -0.05) is 26.2 Å². The molecule has 1 atom stereocenters. The molecule has 2 N–H and O–H groups in total. The molecule has 0 heterocycles. The van der Waals surface area contributed by atoms with E-state index >= 15 is 0 Å². The van der Waals surface area contributed by atoms with E-state index in [4.69, 9.17) is 0 Å². The molecule has 0 spiro atoms. The Morgan fingerprint density at radius 3 is 2.50 bits per heavy atom. The third-order valence-corrected chi connectivity index (χ3v) is 3.52. The maximum absolute atomic E-state index is 11.8. The van der Waals surface area contributed by atoms with Gasteiger partial charge in [-0.2, -0.15) is 0 Å². The Labute approximate surface area is 110 Å². The minimum Gasteiger partial charge on any atom is -0.354 e. The van der Waals surface area contributed by atoms with Crippen molar-refractivity contribution >= 4 is 11.8 Å². The first-order valence-electron chi connectivity index (χ1n) is 7.20. The van der Waals surface area contributed by atoms with Gasteiger partial charge < -0.3 is 10.6 Å². The fourth-order valence-corrected chi connectivity index (χ4v) is 2.42. The van der Waals surface area contributed by atoms with Crippen LogP contribution in [0.1, 0.15) is 58.8 Å². The predicted molar refractivity (Wildman–Crippen MR) is 72.1 cm³/mol. The number of carbonyl (C=O) groups is 2. The van der Waals surface area contributed by atoms with Gasteiger partial charge in [0.15, 0.2) is 0 Å². The van der Waals surface area contributed by atoms with Crippen LogP contribution in [0.15, 0.2) is 0 Å². The van der Waals surface area contributed by atoms with Gasteiger partial charge in [0.05, 0.1) is 0 Å². The lowest BCUT2D eigenvalue weighted by Crippen LogP contribution is -2.45. The molecule has 104 valence electrons. The van der Waals surface area contributed by atoms with Gasteiger partial charge in [0.2, 0.25) is 11.8 Å². The summed E-state index contributed by atoms with van der Waals surface area (Å²) >= 11 is 0. The molecule has 0 aromatic carbocycles. The van der Waals surface area contributed by atoms with Gasteiger partial charge in [-0.15, -0.1) is 0 Å². The lowest BCUT2D eigenvalue weighted by atomic mass is 9.87. The third-order valence-electron chi connectivity index (χ3n) is 3.52. The summed E-state index contributed by atoms with van der Waals surface area (Å²) in [4.78, 5) is 23.4. The zero-order chi connectivity index (χ0) is 13.4. The van der Waals surface area contributed by atoms with Crippen LogP contribution >= 0.6 is 0 Å². The summed E-state index contributed by atoms with van der Waals surface area (Å²) in [7, 11) is 0. The monoisotopic (exact) mass is 254 g/mol. The quantitative estimate of drug-likeness (QED) is 0.761. The zero-order valence-corrected chi connectivity index (χ0v) is 11.6. The number of nitrogens with one attached hydrogen (secondary N) is 2. The summed E-state index contributed by atoms with van der Waals surface area (Å²) in [6.45, 7) is 4.41. The van der Waals surface area contributed by atoms with Gasteiger partial charge in [-0.3, -0.25) is 9.59 Å². The van der Waals surface area contributed by atoms with E-state index in [1.165, 1.54) is 19.3 Å². The van der Waals surface area contributed by atoms with Gasteiger partial charge >= 0.3 is 0 Å². The molecule has 0 bridgehead atoms. The van der Waals surface area contributed by atoms with Gasteiger partial charge in [0.1, 0.15) is 6.04 Å². The molecule has 1 aliphatic rings. The van der Waals surface area contributed by atoms with Crippen LogP contribution < -0.4 is 10.6 Å². The van der Waals surface area contributed by atoms with Crippen LogP contribution in [0.3, 0.4) is 0 Å². The van der Waals surface area contributed by atoms with Gasteiger partial charge in [-0.25, -0.2) is 0 Å².